The van der Waals surface area contributed by atoms with Gasteiger partial charge in [-0.2, -0.15) is 14.0 Å². The Morgan fingerprint density at radius 2 is 1.80 bits per heavy atom. The van der Waals surface area contributed by atoms with Crippen LogP contribution in [0.3, 0.4) is 0 Å². The van der Waals surface area contributed by atoms with E-state index in [1.54, 1.807) is 31.2 Å². The highest BCUT2D eigenvalue weighted by molar-refractivity contribution is 9.10. The maximum Gasteiger partial charge on any atom is 0.291 e. The zero-order valence-corrected chi connectivity index (χ0v) is 10.1. The van der Waals surface area contributed by atoms with Crippen LogP contribution in [0.5, 0.6) is 0 Å². The van der Waals surface area contributed by atoms with Crippen LogP contribution in [0, 0.1) is 10.2 Å². The summed E-state index contributed by atoms with van der Waals surface area (Å²) >= 11 is 3.24. The fourth-order valence-corrected chi connectivity index (χ4v) is 1.62. The van der Waals surface area contributed by atoms with Crippen LogP contribution < -0.4 is 14.0 Å². The Morgan fingerprint density at radius 1 is 1.27 bits per heavy atom. The average molecular weight is 296 g/mol. The van der Waals surface area contributed by atoms with Gasteiger partial charge in [0.25, 0.3) is 5.76 Å². The third-order valence-corrected chi connectivity index (χ3v) is 2.45. The van der Waals surface area contributed by atoms with E-state index >= 15 is 0 Å². The minimum absolute atomic E-state index is 0.0131. The molecule has 0 aromatic heterocycles. The Labute approximate surface area is 97.7 Å². The summed E-state index contributed by atoms with van der Waals surface area (Å²) < 4.78 is 36.3. The molecule has 0 aliphatic heterocycles. The number of rotatable bonds is 3. The Bertz CT molecular complexity index is 355. The van der Waals surface area contributed by atoms with Crippen LogP contribution in [-0.2, 0) is 4.29 Å². The lowest BCUT2D eigenvalue weighted by atomic mass is 10.2. The van der Waals surface area contributed by atoms with Crippen LogP contribution in [0.4, 0.5) is 0 Å². The molecule has 0 saturated carbocycles. The van der Waals surface area contributed by atoms with E-state index in [4.69, 9.17) is 0 Å². The smallest absolute Gasteiger partial charge is 0.167 e. The Morgan fingerprint density at radius 3 is 2.20 bits per heavy atom. The van der Waals surface area contributed by atoms with Gasteiger partial charge in [-0.3, -0.25) is 0 Å². The second-order valence-corrected chi connectivity index (χ2v) is 4.44. The van der Waals surface area contributed by atoms with Crippen LogP contribution >= 0.6 is 15.9 Å². The predicted molar refractivity (Wildman–Crippen MR) is 48.9 cm³/mol. The molecule has 0 atom stereocenters. The summed E-state index contributed by atoms with van der Waals surface area (Å²) in [5.41, 5.74) is 0.521. The highest BCUT2D eigenvalue weighted by Gasteiger charge is 2.22. The van der Waals surface area contributed by atoms with Gasteiger partial charge in [-0.15, -0.1) is 0 Å². The normalized spacial score (nSPS) is 12.7. The topological polar surface area (TPSA) is 78.4 Å². The van der Waals surface area contributed by atoms with Crippen LogP contribution in [-0.4, -0.2) is 0 Å². The van der Waals surface area contributed by atoms with E-state index in [-0.39, 0.29) is 5.76 Å². The summed E-state index contributed by atoms with van der Waals surface area (Å²) in [4.78, 5) is 0. The molecule has 0 amide bonds. The monoisotopic (exact) mass is 294 g/mol. The highest BCUT2D eigenvalue weighted by Crippen LogP contribution is 2.20. The molecular formula is C9H8BrClO4. The van der Waals surface area contributed by atoms with Crippen molar-refractivity contribution in [2.75, 3.05) is 0 Å². The van der Waals surface area contributed by atoms with Crippen molar-refractivity contribution >= 4 is 21.7 Å². The molecule has 0 fully saturated rings. The minimum atomic E-state index is -4.45. The SMILES string of the molecule is C/C=C(/O[Cl+3]([O-])([O-])[O-])c1ccc(Br)cc1. The van der Waals surface area contributed by atoms with Gasteiger partial charge in [-0.1, -0.05) is 20.2 Å². The summed E-state index contributed by atoms with van der Waals surface area (Å²) in [5.74, 6) is 0.0131. The molecule has 0 saturated heterocycles. The van der Waals surface area contributed by atoms with Crippen molar-refractivity contribution in [1.29, 1.82) is 0 Å². The van der Waals surface area contributed by atoms with E-state index in [1.807, 2.05) is 0 Å². The molecule has 0 heterocycles. The van der Waals surface area contributed by atoms with Gasteiger partial charge in [-0.25, -0.2) is 0 Å². The van der Waals surface area contributed by atoms with Gasteiger partial charge in [0.15, 0.2) is 0 Å². The van der Waals surface area contributed by atoms with Crippen LogP contribution in [0.25, 0.3) is 5.76 Å². The van der Waals surface area contributed by atoms with Crippen molar-refractivity contribution in [2.45, 2.75) is 6.92 Å². The van der Waals surface area contributed by atoms with Crippen LogP contribution in [0.2, 0.25) is 0 Å². The van der Waals surface area contributed by atoms with E-state index in [2.05, 4.69) is 20.2 Å². The zero-order valence-electron chi connectivity index (χ0n) is 7.78. The lowest BCUT2D eigenvalue weighted by Gasteiger charge is -2.13. The number of halogens is 2. The molecule has 82 valence electrons. The molecule has 0 aliphatic rings. The van der Waals surface area contributed by atoms with Crippen LogP contribution in [0.1, 0.15) is 12.5 Å². The molecule has 4 nitrogen and oxygen atoms in total. The van der Waals surface area contributed by atoms with E-state index in [0.29, 0.717) is 5.56 Å². The van der Waals surface area contributed by atoms with E-state index < -0.39 is 10.2 Å². The molecule has 1 aromatic rings. The summed E-state index contributed by atoms with van der Waals surface area (Å²) in [7, 11) is -4.45. The standard InChI is InChI=1S/C9H8BrClO4/c1-2-9(15-11(12,13)14)7-3-5-8(10)6-4-7/h2-6H,1H3/b9-2+. The fourth-order valence-electron chi connectivity index (χ4n) is 0.972. The highest BCUT2D eigenvalue weighted by atomic mass is 79.9. The van der Waals surface area contributed by atoms with Crippen molar-refractivity contribution in [3.05, 3.63) is 40.4 Å². The third kappa shape index (κ3) is 4.19. The van der Waals surface area contributed by atoms with Crippen molar-refractivity contribution in [3.63, 3.8) is 0 Å². The quantitative estimate of drug-likeness (QED) is 0.719. The van der Waals surface area contributed by atoms with Crippen molar-refractivity contribution in [2.24, 2.45) is 0 Å². The van der Waals surface area contributed by atoms with Gasteiger partial charge >= 0.3 is 0 Å². The number of benzene rings is 1. The van der Waals surface area contributed by atoms with E-state index in [1.165, 1.54) is 6.08 Å². The maximum atomic E-state index is 10.4. The molecule has 0 aliphatic carbocycles. The molecule has 0 unspecified atom stereocenters. The van der Waals surface area contributed by atoms with Gasteiger partial charge in [-0.05, 0) is 37.3 Å². The Hall–Kier alpha value is -0.590. The van der Waals surface area contributed by atoms with E-state index in [0.717, 1.165) is 4.47 Å². The Kier molecular flexibility index (Phi) is 4.12. The molecule has 15 heavy (non-hydrogen) atoms. The third-order valence-electron chi connectivity index (χ3n) is 1.57. The summed E-state index contributed by atoms with van der Waals surface area (Å²) in [6, 6.07) is 6.72. The molecule has 1 rings (SSSR count). The molecule has 0 N–H and O–H groups in total. The number of allylic oxidation sites excluding steroid dienone is 1. The van der Waals surface area contributed by atoms with Gasteiger partial charge in [0.1, 0.15) is 10.2 Å². The molecule has 0 bridgehead atoms. The van der Waals surface area contributed by atoms with Gasteiger partial charge in [0.05, 0.1) is 0 Å². The first-order chi connectivity index (χ1) is 6.92. The largest absolute Gasteiger partial charge is 0.291 e. The first-order valence-corrected chi connectivity index (χ1v) is 5.98. The second kappa shape index (κ2) is 4.96. The fraction of sp³-hybridized carbons (Fsp3) is 0.111. The van der Waals surface area contributed by atoms with Crippen molar-refractivity contribution < 1.29 is 28.5 Å². The molecule has 0 spiro atoms. The predicted octanol–water partition coefficient (Wildman–Crippen LogP) is -0.276. The van der Waals surface area contributed by atoms with Crippen molar-refractivity contribution in [3.8, 4) is 0 Å². The summed E-state index contributed by atoms with van der Waals surface area (Å²) in [5, 5.41) is 0. The van der Waals surface area contributed by atoms with Gasteiger partial charge < -0.3 is 0 Å². The lowest BCUT2D eigenvalue weighted by Crippen LogP contribution is -2.60. The lowest BCUT2D eigenvalue weighted by molar-refractivity contribution is -1.92. The van der Waals surface area contributed by atoms with Gasteiger partial charge in [0.2, 0.25) is 0 Å². The van der Waals surface area contributed by atoms with Gasteiger partial charge in [0, 0.05) is 10.0 Å². The molecular weight excluding hydrogens is 287 g/mol. The molecule has 1 aromatic carbocycles. The average Bonchev–Trinajstić information content (AvgIpc) is 2.14. The molecule has 6 heteroatoms. The number of hydrogen-bond acceptors (Lipinski definition) is 4. The minimum Gasteiger partial charge on any atom is -0.167 e. The second-order valence-electron chi connectivity index (χ2n) is 2.61. The zero-order chi connectivity index (χ0) is 11.5. The van der Waals surface area contributed by atoms with Crippen molar-refractivity contribution in [1.82, 2.24) is 0 Å². The summed E-state index contributed by atoms with van der Waals surface area (Å²) in [6.07, 6.45) is 1.41. The maximum absolute atomic E-state index is 10.4. The molecule has 0 radical (unpaired) electrons. The van der Waals surface area contributed by atoms with E-state index in [9.17, 15) is 14.0 Å². The number of hydrogen-bond donors (Lipinski definition) is 0. The Balaban J connectivity index is 2.90. The van der Waals surface area contributed by atoms with Crippen LogP contribution in [0.15, 0.2) is 34.8 Å². The summed E-state index contributed by atoms with van der Waals surface area (Å²) in [6.45, 7) is 1.58. The first-order valence-electron chi connectivity index (χ1n) is 3.95. The first kappa shape index (κ1) is 12.5.